The second-order valence-corrected chi connectivity index (χ2v) is 4.71. The van der Waals surface area contributed by atoms with Crippen molar-refractivity contribution in [2.24, 2.45) is 5.92 Å². The molecule has 4 nitrogen and oxygen atoms in total. The van der Waals surface area contributed by atoms with E-state index in [9.17, 15) is 4.79 Å². The zero-order chi connectivity index (χ0) is 12.7. The minimum Gasteiger partial charge on any atom is -0.460 e. The highest BCUT2D eigenvalue weighted by Gasteiger charge is 2.29. The largest absolute Gasteiger partial charge is 0.460 e. The van der Waals surface area contributed by atoms with Gasteiger partial charge in [0.15, 0.2) is 0 Å². The van der Waals surface area contributed by atoms with Crippen molar-refractivity contribution in [3.63, 3.8) is 0 Å². The number of furan rings is 1. The highest BCUT2D eigenvalue weighted by atomic mass is 79.9. The Bertz CT molecular complexity index is 683. The van der Waals surface area contributed by atoms with Gasteiger partial charge in [0, 0.05) is 17.9 Å². The molecule has 0 saturated carbocycles. The number of carbonyl (C=O) groups is 1. The Hall–Kier alpha value is -1.80. The molecule has 1 unspecified atom stereocenters. The van der Waals surface area contributed by atoms with Crippen LogP contribution < -0.4 is 4.74 Å². The Balaban J connectivity index is 2.12. The highest BCUT2D eigenvalue weighted by molar-refractivity contribution is 9.08. The lowest BCUT2D eigenvalue weighted by Crippen LogP contribution is -2.26. The summed E-state index contributed by atoms with van der Waals surface area (Å²) in [4.78, 5) is 11.5. The summed E-state index contributed by atoms with van der Waals surface area (Å²) >= 11 is 3.33. The number of carbonyl (C=O) groups excluding carboxylic acids is 1. The van der Waals surface area contributed by atoms with Crippen LogP contribution in [0, 0.1) is 17.2 Å². The van der Waals surface area contributed by atoms with Crippen LogP contribution in [0.25, 0.3) is 11.0 Å². The van der Waals surface area contributed by atoms with E-state index in [0.717, 1.165) is 16.7 Å². The fourth-order valence-corrected chi connectivity index (χ4v) is 2.35. The van der Waals surface area contributed by atoms with E-state index >= 15 is 0 Å². The molecule has 1 atom stereocenters. The molecule has 3 rings (SSSR count). The number of alkyl halides is 1. The number of nitrogens with zero attached hydrogens (tertiary/aromatic N) is 1. The molecule has 90 valence electrons. The number of esters is 1. The number of rotatable bonds is 1. The SMILES string of the molecule is N#CC1Cc2cc3cc(CBr)oc3cc2OC1=O. The molecule has 0 fully saturated rings. The molecule has 0 bridgehead atoms. The Morgan fingerprint density at radius 1 is 1.44 bits per heavy atom. The number of nitriles is 1. The lowest BCUT2D eigenvalue weighted by atomic mass is 9.96. The van der Waals surface area contributed by atoms with E-state index in [1.54, 1.807) is 6.07 Å². The summed E-state index contributed by atoms with van der Waals surface area (Å²) in [5, 5.41) is 10.5. The van der Waals surface area contributed by atoms with Gasteiger partial charge in [-0.1, -0.05) is 15.9 Å². The molecule has 0 N–H and O–H groups in total. The van der Waals surface area contributed by atoms with Crippen molar-refractivity contribution in [2.45, 2.75) is 11.8 Å². The smallest absolute Gasteiger partial charge is 0.329 e. The van der Waals surface area contributed by atoms with Crippen LogP contribution in [0.2, 0.25) is 0 Å². The number of halogens is 1. The van der Waals surface area contributed by atoms with Crippen LogP contribution in [-0.4, -0.2) is 5.97 Å². The highest BCUT2D eigenvalue weighted by Crippen LogP contribution is 2.33. The van der Waals surface area contributed by atoms with Gasteiger partial charge in [-0.3, -0.25) is 4.79 Å². The molecule has 1 aliphatic heterocycles. The zero-order valence-electron chi connectivity index (χ0n) is 9.27. The molecule has 0 aliphatic carbocycles. The first kappa shape index (κ1) is 11.3. The molecule has 2 heterocycles. The van der Waals surface area contributed by atoms with Crippen LogP contribution in [0.1, 0.15) is 11.3 Å². The Morgan fingerprint density at radius 3 is 3.00 bits per heavy atom. The van der Waals surface area contributed by atoms with Crippen LogP contribution in [0.15, 0.2) is 22.6 Å². The third-order valence-electron chi connectivity index (χ3n) is 2.96. The Kier molecular flexibility index (Phi) is 2.60. The van der Waals surface area contributed by atoms with E-state index in [-0.39, 0.29) is 0 Å². The maximum Gasteiger partial charge on any atom is 0.329 e. The standard InChI is InChI=1S/C13H8BrNO3/c14-5-10-3-8-1-7-2-9(6-15)13(16)18-12(7)4-11(8)17-10/h1,3-4,9H,2,5H2. The minimum atomic E-state index is -0.711. The van der Waals surface area contributed by atoms with Crippen molar-refractivity contribution in [3.8, 4) is 11.8 Å². The van der Waals surface area contributed by atoms with E-state index in [1.165, 1.54) is 0 Å². The fourth-order valence-electron chi connectivity index (χ4n) is 2.07. The van der Waals surface area contributed by atoms with Crippen molar-refractivity contribution in [2.75, 3.05) is 0 Å². The van der Waals surface area contributed by atoms with Crippen molar-refractivity contribution in [1.82, 2.24) is 0 Å². The van der Waals surface area contributed by atoms with Gasteiger partial charge in [-0.05, 0) is 17.7 Å². The molecular formula is C13H8BrNO3. The lowest BCUT2D eigenvalue weighted by molar-refractivity contribution is -0.138. The van der Waals surface area contributed by atoms with Crippen LogP contribution in [0.4, 0.5) is 0 Å². The molecule has 0 saturated heterocycles. The van der Waals surface area contributed by atoms with Crippen LogP contribution in [-0.2, 0) is 16.5 Å². The number of benzene rings is 1. The number of hydrogen-bond acceptors (Lipinski definition) is 4. The van der Waals surface area contributed by atoms with Crippen LogP contribution in [0.5, 0.6) is 5.75 Å². The average molecular weight is 306 g/mol. The normalized spacial score (nSPS) is 18.2. The van der Waals surface area contributed by atoms with Gasteiger partial charge in [-0.25, -0.2) is 0 Å². The predicted molar refractivity (Wildman–Crippen MR) is 67.3 cm³/mol. The summed E-state index contributed by atoms with van der Waals surface area (Å²) < 4.78 is 10.7. The minimum absolute atomic E-state index is 0.398. The maximum atomic E-state index is 11.5. The van der Waals surface area contributed by atoms with E-state index in [2.05, 4.69) is 15.9 Å². The third kappa shape index (κ3) is 1.70. The van der Waals surface area contributed by atoms with Gasteiger partial charge in [-0.15, -0.1) is 0 Å². The van der Waals surface area contributed by atoms with Gasteiger partial charge in [0.2, 0.25) is 0 Å². The molecule has 18 heavy (non-hydrogen) atoms. The van der Waals surface area contributed by atoms with Crippen LogP contribution >= 0.6 is 15.9 Å². The van der Waals surface area contributed by atoms with Gasteiger partial charge in [-0.2, -0.15) is 5.26 Å². The van der Waals surface area contributed by atoms with Gasteiger partial charge in [0.25, 0.3) is 0 Å². The number of ether oxygens (including phenoxy) is 1. The van der Waals surface area contributed by atoms with Crippen molar-refractivity contribution in [1.29, 1.82) is 5.26 Å². The van der Waals surface area contributed by atoms with Gasteiger partial charge in [0.05, 0.1) is 11.4 Å². The second kappa shape index (κ2) is 4.14. The van der Waals surface area contributed by atoms with E-state index < -0.39 is 11.9 Å². The number of hydrogen-bond donors (Lipinski definition) is 0. The molecular weight excluding hydrogens is 298 g/mol. The first-order valence-electron chi connectivity index (χ1n) is 5.44. The van der Waals surface area contributed by atoms with Crippen molar-refractivity contribution < 1.29 is 13.9 Å². The maximum absolute atomic E-state index is 11.5. The first-order chi connectivity index (χ1) is 8.71. The second-order valence-electron chi connectivity index (χ2n) is 4.15. The Labute approximate surface area is 111 Å². The molecule has 2 aromatic rings. The van der Waals surface area contributed by atoms with Gasteiger partial charge < -0.3 is 9.15 Å². The monoisotopic (exact) mass is 305 g/mol. The summed E-state index contributed by atoms with van der Waals surface area (Å²) in [5.74, 6) is 0.110. The molecule has 0 spiro atoms. The summed E-state index contributed by atoms with van der Waals surface area (Å²) in [5.41, 5.74) is 1.56. The topological polar surface area (TPSA) is 63.2 Å². The first-order valence-corrected chi connectivity index (χ1v) is 6.56. The predicted octanol–water partition coefficient (Wildman–Crippen LogP) is 2.93. The molecule has 1 aromatic carbocycles. The Morgan fingerprint density at radius 2 is 2.28 bits per heavy atom. The van der Waals surface area contributed by atoms with Gasteiger partial charge in [0.1, 0.15) is 23.0 Å². The molecule has 1 aromatic heterocycles. The molecule has 0 amide bonds. The zero-order valence-corrected chi connectivity index (χ0v) is 10.9. The summed E-state index contributed by atoms with van der Waals surface area (Å²) in [6.07, 6.45) is 0.398. The quantitative estimate of drug-likeness (QED) is 0.461. The van der Waals surface area contributed by atoms with Crippen LogP contribution in [0.3, 0.4) is 0 Å². The summed E-state index contributed by atoms with van der Waals surface area (Å²) in [7, 11) is 0. The summed E-state index contributed by atoms with van der Waals surface area (Å²) in [6.45, 7) is 0. The van der Waals surface area contributed by atoms with E-state index in [4.69, 9.17) is 14.4 Å². The van der Waals surface area contributed by atoms with Crippen molar-refractivity contribution >= 4 is 32.9 Å². The number of fused-ring (bicyclic) bond motifs is 2. The fraction of sp³-hybridized carbons (Fsp3) is 0.231. The van der Waals surface area contributed by atoms with E-state index in [0.29, 0.717) is 23.1 Å². The summed E-state index contributed by atoms with van der Waals surface area (Å²) in [6, 6.07) is 7.51. The molecule has 5 heteroatoms. The molecule has 1 aliphatic rings. The molecule has 0 radical (unpaired) electrons. The average Bonchev–Trinajstić information content (AvgIpc) is 2.77. The van der Waals surface area contributed by atoms with Gasteiger partial charge >= 0.3 is 5.97 Å². The third-order valence-corrected chi connectivity index (χ3v) is 3.51. The van der Waals surface area contributed by atoms with Crippen molar-refractivity contribution in [3.05, 3.63) is 29.5 Å². The van der Waals surface area contributed by atoms with E-state index in [1.807, 2.05) is 18.2 Å². The lowest BCUT2D eigenvalue weighted by Gasteiger charge is -2.18.